The van der Waals surface area contributed by atoms with Crippen LogP contribution in [0.3, 0.4) is 0 Å². The third kappa shape index (κ3) is 4.87. The minimum Gasteiger partial charge on any atom is -0.267 e. The number of sulfonamides is 1. The molecule has 0 aliphatic heterocycles. The summed E-state index contributed by atoms with van der Waals surface area (Å²) in [4.78, 5) is 2.31. The maximum absolute atomic E-state index is 14.2. The van der Waals surface area contributed by atoms with Gasteiger partial charge in [0.15, 0.2) is 0 Å². The molecule has 0 aliphatic rings. The molecule has 32 heavy (non-hydrogen) atoms. The molecule has 3 aromatic carbocycles. The lowest BCUT2D eigenvalue weighted by Crippen LogP contribution is -2.18. The van der Waals surface area contributed by atoms with Crippen LogP contribution in [0, 0.1) is 5.82 Å². The van der Waals surface area contributed by atoms with Crippen molar-refractivity contribution < 1.29 is 12.8 Å². The van der Waals surface area contributed by atoms with Gasteiger partial charge in [-0.1, -0.05) is 66.2 Å². The maximum atomic E-state index is 14.2. The molecule has 0 saturated heterocycles. The molecule has 1 aromatic heterocycles. The average Bonchev–Trinajstić information content (AvgIpc) is 3.20. The van der Waals surface area contributed by atoms with Crippen LogP contribution in [0.15, 0.2) is 95.1 Å². The molecule has 0 unspecified atom stereocenters. The molecule has 0 aliphatic carbocycles. The van der Waals surface area contributed by atoms with Crippen molar-refractivity contribution in [3.63, 3.8) is 0 Å². The average molecular weight is 469 g/mol. The van der Waals surface area contributed by atoms with Crippen LogP contribution in [0.2, 0.25) is 5.02 Å². The van der Waals surface area contributed by atoms with E-state index in [2.05, 4.69) is 15.0 Å². The highest BCUT2D eigenvalue weighted by Crippen LogP contribution is 2.24. The molecule has 0 atom stereocenters. The minimum absolute atomic E-state index is 0.102. The first-order valence-electron chi connectivity index (χ1n) is 9.60. The van der Waals surface area contributed by atoms with Gasteiger partial charge < -0.3 is 0 Å². The Bertz CT molecular complexity index is 1340. The van der Waals surface area contributed by atoms with E-state index in [9.17, 15) is 12.8 Å². The predicted molar refractivity (Wildman–Crippen MR) is 123 cm³/mol. The Kier molecular flexibility index (Phi) is 6.34. The van der Waals surface area contributed by atoms with Gasteiger partial charge in [0.25, 0.3) is 10.0 Å². The Morgan fingerprint density at radius 3 is 2.38 bits per heavy atom. The second-order valence-corrected chi connectivity index (χ2v) is 8.93. The molecule has 162 valence electrons. The Hall–Kier alpha value is -3.49. The number of halogens is 2. The summed E-state index contributed by atoms with van der Waals surface area (Å²) in [7, 11) is -3.80. The number of hydrogen-bond acceptors (Lipinski definition) is 4. The zero-order valence-corrected chi connectivity index (χ0v) is 18.3. The van der Waals surface area contributed by atoms with Crippen LogP contribution in [0.25, 0.3) is 11.3 Å². The van der Waals surface area contributed by atoms with Crippen LogP contribution in [0.5, 0.6) is 0 Å². The molecule has 0 fully saturated rings. The summed E-state index contributed by atoms with van der Waals surface area (Å²) in [6.45, 7) is 0.106. The molecular weight excluding hydrogens is 451 g/mol. The largest absolute Gasteiger partial charge is 0.276 e. The first-order chi connectivity index (χ1) is 15.4. The Morgan fingerprint density at radius 1 is 1.00 bits per heavy atom. The molecule has 0 amide bonds. The standard InChI is InChI=1S/C23H18ClFN4O2S/c24-21-12-7-13-22(25)20(21)16-29-15-18(23(27-29)17-8-3-1-4-9-17)14-26-28-32(30,31)19-10-5-2-6-11-19/h1-15,28H,16H2/b26-14-. The van der Waals surface area contributed by atoms with Crippen LogP contribution in [-0.2, 0) is 16.6 Å². The van der Waals surface area contributed by atoms with Crippen LogP contribution in [-0.4, -0.2) is 24.4 Å². The monoisotopic (exact) mass is 468 g/mol. The van der Waals surface area contributed by atoms with Gasteiger partial charge in [-0.3, -0.25) is 4.68 Å². The predicted octanol–water partition coefficient (Wildman–Crippen LogP) is 4.70. The van der Waals surface area contributed by atoms with E-state index in [0.717, 1.165) is 5.56 Å². The van der Waals surface area contributed by atoms with Crippen molar-refractivity contribution in [1.29, 1.82) is 0 Å². The van der Waals surface area contributed by atoms with Crippen LogP contribution >= 0.6 is 11.6 Å². The normalized spacial score (nSPS) is 11.7. The summed E-state index contributed by atoms with van der Waals surface area (Å²) in [5, 5.41) is 8.77. The zero-order valence-electron chi connectivity index (χ0n) is 16.7. The molecule has 6 nitrogen and oxygen atoms in total. The fourth-order valence-electron chi connectivity index (χ4n) is 3.10. The number of rotatable bonds is 7. The van der Waals surface area contributed by atoms with E-state index >= 15 is 0 Å². The minimum atomic E-state index is -3.80. The third-order valence-corrected chi connectivity index (χ3v) is 6.24. The Labute approximate surface area is 190 Å². The van der Waals surface area contributed by atoms with Gasteiger partial charge in [-0.15, -0.1) is 0 Å². The highest BCUT2D eigenvalue weighted by Gasteiger charge is 2.15. The molecule has 9 heteroatoms. The first-order valence-corrected chi connectivity index (χ1v) is 11.5. The number of hydrogen-bond donors (Lipinski definition) is 1. The number of hydrazone groups is 1. The number of nitrogens with one attached hydrogen (secondary N) is 1. The smallest absolute Gasteiger partial charge is 0.267 e. The SMILES string of the molecule is O=S(=O)(N/N=C\c1cn(Cc2c(F)cccc2Cl)nc1-c1ccccc1)c1ccccc1. The summed E-state index contributed by atoms with van der Waals surface area (Å²) >= 11 is 6.15. The van der Waals surface area contributed by atoms with Crippen molar-refractivity contribution in [1.82, 2.24) is 14.6 Å². The summed E-state index contributed by atoms with van der Waals surface area (Å²) < 4.78 is 40.6. The van der Waals surface area contributed by atoms with Gasteiger partial charge in [0.2, 0.25) is 0 Å². The van der Waals surface area contributed by atoms with E-state index in [1.807, 2.05) is 30.3 Å². The highest BCUT2D eigenvalue weighted by molar-refractivity contribution is 7.89. The van der Waals surface area contributed by atoms with Crippen molar-refractivity contribution in [3.05, 3.63) is 107 Å². The molecule has 4 rings (SSSR count). The lowest BCUT2D eigenvalue weighted by Gasteiger charge is -2.05. The quantitative estimate of drug-likeness (QED) is 0.315. The van der Waals surface area contributed by atoms with Crippen molar-refractivity contribution in [2.24, 2.45) is 5.10 Å². The molecule has 0 radical (unpaired) electrons. The summed E-state index contributed by atoms with van der Waals surface area (Å²) in [5.41, 5.74) is 2.24. The fourth-order valence-corrected chi connectivity index (χ4v) is 4.13. The Balaban J connectivity index is 1.65. The van der Waals surface area contributed by atoms with Gasteiger partial charge in [-0.05, 0) is 24.3 Å². The molecule has 1 N–H and O–H groups in total. The first kappa shape index (κ1) is 21.7. The van der Waals surface area contributed by atoms with Gasteiger partial charge in [-0.2, -0.15) is 18.6 Å². The highest BCUT2D eigenvalue weighted by atomic mass is 35.5. The number of aromatic nitrogens is 2. The fraction of sp³-hybridized carbons (Fsp3) is 0.0435. The van der Waals surface area contributed by atoms with Gasteiger partial charge in [0.1, 0.15) is 11.5 Å². The van der Waals surface area contributed by atoms with E-state index < -0.39 is 15.8 Å². The Morgan fingerprint density at radius 2 is 1.69 bits per heavy atom. The van der Waals surface area contributed by atoms with E-state index in [0.29, 0.717) is 21.8 Å². The van der Waals surface area contributed by atoms with E-state index in [1.54, 1.807) is 35.1 Å². The van der Waals surface area contributed by atoms with E-state index in [4.69, 9.17) is 11.6 Å². The topological polar surface area (TPSA) is 76.3 Å². The van der Waals surface area contributed by atoms with E-state index in [-0.39, 0.29) is 11.4 Å². The van der Waals surface area contributed by atoms with Crippen LogP contribution in [0.1, 0.15) is 11.1 Å². The molecule has 4 aromatic rings. The summed E-state index contributed by atoms with van der Waals surface area (Å²) in [5.74, 6) is -0.430. The van der Waals surface area contributed by atoms with Crippen molar-refractivity contribution in [3.8, 4) is 11.3 Å². The van der Waals surface area contributed by atoms with Crippen molar-refractivity contribution in [2.45, 2.75) is 11.4 Å². The molecule has 1 heterocycles. The van der Waals surface area contributed by atoms with Gasteiger partial charge in [0.05, 0.1) is 17.7 Å². The lowest BCUT2D eigenvalue weighted by molar-refractivity contribution is 0.584. The second-order valence-electron chi connectivity index (χ2n) is 6.86. The second kappa shape index (κ2) is 9.33. The van der Waals surface area contributed by atoms with Crippen molar-refractivity contribution in [2.75, 3.05) is 0 Å². The lowest BCUT2D eigenvalue weighted by atomic mass is 10.1. The zero-order chi connectivity index (χ0) is 22.6. The van der Waals surface area contributed by atoms with Gasteiger partial charge in [0, 0.05) is 27.9 Å². The van der Waals surface area contributed by atoms with Crippen LogP contribution < -0.4 is 4.83 Å². The molecule has 0 bridgehead atoms. The number of nitrogens with zero attached hydrogens (tertiary/aromatic N) is 3. The maximum Gasteiger partial charge on any atom is 0.276 e. The van der Waals surface area contributed by atoms with Gasteiger partial charge in [-0.25, -0.2) is 9.22 Å². The van der Waals surface area contributed by atoms with Gasteiger partial charge >= 0.3 is 0 Å². The molecule has 0 spiro atoms. The molecular formula is C23H18ClFN4O2S. The number of benzene rings is 3. The van der Waals surface area contributed by atoms with Crippen molar-refractivity contribution >= 4 is 27.8 Å². The van der Waals surface area contributed by atoms with E-state index in [1.165, 1.54) is 30.5 Å². The summed E-state index contributed by atoms with van der Waals surface area (Å²) in [6, 6.07) is 21.8. The molecule has 0 saturated carbocycles. The van der Waals surface area contributed by atoms with Crippen LogP contribution in [0.4, 0.5) is 4.39 Å². The third-order valence-electron chi connectivity index (χ3n) is 4.65. The summed E-state index contributed by atoms with van der Waals surface area (Å²) in [6.07, 6.45) is 3.03.